The molecule has 2 aromatic heterocycles. The minimum Gasteiger partial charge on any atom is -0.383 e. The number of nitrogens with two attached hydrogens (primary N) is 1. The predicted molar refractivity (Wildman–Crippen MR) is 74.1 cm³/mol. The van der Waals surface area contributed by atoms with E-state index >= 15 is 0 Å². The van der Waals surface area contributed by atoms with Crippen molar-refractivity contribution in [2.45, 2.75) is 0 Å². The van der Waals surface area contributed by atoms with E-state index in [1.54, 1.807) is 12.3 Å². The maximum Gasteiger partial charge on any atom is 0.149 e. The Balaban J connectivity index is 2.35. The van der Waals surface area contributed by atoms with Crippen molar-refractivity contribution >= 4 is 16.7 Å². The van der Waals surface area contributed by atoms with Crippen LogP contribution in [0.3, 0.4) is 0 Å². The van der Waals surface area contributed by atoms with Crippen molar-refractivity contribution in [2.24, 2.45) is 0 Å². The number of nitrogen functional groups attached to an aromatic ring is 1. The molecule has 3 rings (SSSR count). The first-order valence-electron chi connectivity index (χ1n) is 5.80. The van der Waals surface area contributed by atoms with Gasteiger partial charge in [-0.15, -0.1) is 0 Å². The van der Waals surface area contributed by atoms with E-state index in [2.05, 4.69) is 16.0 Å². The largest absolute Gasteiger partial charge is 0.383 e. The van der Waals surface area contributed by atoms with Gasteiger partial charge >= 0.3 is 0 Å². The number of anilines is 1. The average molecular weight is 246 g/mol. The lowest BCUT2D eigenvalue weighted by atomic mass is 10.0. The zero-order valence-corrected chi connectivity index (χ0v) is 10.0. The second-order valence-electron chi connectivity index (χ2n) is 4.13. The molecular formula is C15H10N4. The maximum absolute atomic E-state index is 9.26. The molecular weight excluding hydrogens is 236 g/mol. The summed E-state index contributed by atoms with van der Waals surface area (Å²) in [4.78, 5) is 8.42. The van der Waals surface area contributed by atoms with Crippen molar-refractivity contribution in [1.29, 1.82) is 5.26 Å². The first kappa shape index (κ1) is 11.2. The van der Waals surface area contributed by atoms with Gasteiger partial charge in [-0.05, 0) is 24.3 Å². The number of para-hydroxylation sites is 1. The number of pyridine rings is 2. The van der Waals surface area contributed by atoms with E-state index in [1.807, 2.05) is 36.4 Å². The van der Waals surface area contributed by atoms with Crippen LogP contribution >= 0.6 is 0 Å². The fourth-order valence-electron chi connectivity index (χ4n) is 2.05. The van der Waals surface area contributed by atoms with Crippen molar-refractivity contribution in [2.75, 3.05) is 5.73 Å². The van der Waals surface area contributed by atoms with Crippen LogP contribution in [0.2, 0.25) is 0 Å². The summed E-state index contributed by atoms with van der Waals surface area (Å²) in [6.07, 6.45) is 1.62. The molecule has 19 heavy (non-hydrogen) atoms. The standard InChI is InChI=1S/C15H10N4/c16-9-14-12(11-5-3-7-18-15(11)17)8-10-4-1-2-6-13(10)19-14/h1-8H,(H2,17,18). The van der Waals surface area contributed by atoms with Gasteiger partial charge in [-0.3, -0.25) is 0 Å². The van der Waals surface area contributed by atoms with Gasteiger partial charge in [0.1, 0.15) is 17.6 Å². The Morgan fingerprint density at radius 2 is 1.89 bits per heavy atom. The van der Waals surface area contributed by atoms with Crippen LogP contribution < -0.4 is 5.73 Å². The van der Waals surface area contributed by atoms with Crippen molar-refractivity contribution in [3.63, 3.8) is 0 Å². The number of nitriles is 1. The number of rotatable bonds is 1. The van der Waals surface area contributed by atoms with Gasteiger partial charge in [0.15, 0.2) is 0 Å². The van der Waals surface area contributed by atoms with Crippen LogP contribution in [0.15, 0.2) is 48.7 Å². The van der Waals surface area contributed by atoms with Crippen LogP contribution in [0.25, 0.3) is 22.0 Å². The molecule has 3 aromatic rings. The topological polar surface area (TPSA) is 75.6 Å². The van der Waals surface area contributed by atoms with Crippen LogP contribution in [-0.2, 0) is 0 Å². The molecule has 0 unspecified atom stereocenters. The monoisotopic (exact) mass is 246 g/mol. The van der Waals surface area contributed by atoms with Gasteiger partial charge in [-0.2, -0.15) is 5.26 Å². The highest BCUT2D eigenvalue weighted by molar-refractivity contribution is 5.88. The molecule has 4 nitrogen and oxygen atoms in total. The summed E-state index contributed by atoms with van der Waals surface area (Å²) in [6, 6.07) is 15.4. The van der Waals surface area contributed by atoms with Gasteiger partial charge in [-0.1, -0.05) is 18.2 Å². The Morgan fingerprint density at radius 1 is 1.05 bits per heavy atom. The zero-order valence-electron chi connectivity index (χ0n) is 10.0. The van der Waals surface area contributed by atoms with Gasteiger partial charge in [0.05, 0.1) is 5.52 Å². The Hall–Kier alpha value is -2.93. The third-order valence-corrected chi connectivity index (χ3v) is 2.96. The first-order valence-corrected chi connectivity index (χ1v) is 5.80. The quantitative estimate of drug-likeness (QED) is 0.716. The fourth-order valence-corrected chi connectivity index (χ4v) is 2.05. The lowest BCUT2D eigenvalue weighted by Gasteiger charge is -2.07. The summed E-state index contributed by atoms with van der Waals surface area (Å²) in [6.45, 7) is 0. The third-order valence-electron chi connectivity index (χ3n) is 2.96. The summed E-state index contributed by atoms with van der Waals surface area (Å²) in [5.74, 6) is 0.399. The molecule has 0 atom stereocenters. The molecule has 1 aromatic carbocycles. The molecule has 2 heterocycles. The second kappa shape index (κ2) is 4.39. The van der Waals surface area contributed by atoms with Gasteiger partial charge in [0, 0.05) is 22.7 Å². The lowest BCUT2D eigenvalue weighted by Crippen LogP contribution is -1.96. The molecule has 0 fully saturated rings. The average Bonchev–Trinajstić information content (AvgIpc) is 2.46. The molecule has 4 heteroatoms. The van der Waals surface area contributed by atoms with Gasteiger partial charge in [-0.25, -0.2) is 9.97 Å². The Labute approximate surface area is 110 Å². The van der Waals surface area contributed by atoms with Gasteiger partial charge in [0.2, 0.25) is 0 Å². The van der Waals surface area contributed by atoms with E-state index in [-0.39, 0.29) is 0 Å². The molecule has 90 valence electrons. The Morgan fingerprint density at radius 3 is 2.68 bits per heavy atom. The molecule has 0 saturated carbocycles. The Kier molecular flexibility index (Phi) is 2.58. The minimum atomic E-state index is 0.360. The molecule has 0 saturated heterocycles. The smallest absolute Gasteiger partial charge is 0.149 e. The van der Waals surface area contributed by atoms with Crippen molar-refractivity contribution in [1.82, 2.24) is 9.97 Å². The predicted octanol–water partition coefficient (Wildman–Crippen LogP) is 2.75. The van der Waals surface area contributed by atoms with Crippen molar-refractivity contribution in [3.8, 4) is 17.2 Å². The molecule has 0 aliphatic rings. The summed E-state index contributed by atoms with van der Waals surface area (Å²) in [5.41, 5.74) is 8.48. The first-order chi connectivity index (χ1) is 9.29. The van der Waals surface area contributed by atoms with E-state index in [9.17, 15) is 5.26 Å². The molecule has 0 radical (unpaired) electrons. The van der Waals surface area contributed by atoms with E-state index < -0.39 is 0 Å². The maximum atomic E-state index is 9.26. The zero-order chi connectivity index (χ0) is 13.2. The van der Waals surface area contributed by atoms with Gasteiger partial charge in [0.25, 0.3) is 0 Å². The summed E-state index contributed by atoms with van der Waals surface area (Å²) in [5, 5.41) is 10.2. The molecule has 2 N–H and O–H groups in total. The SMILES string of the molecule is N#Cc1nc2ccccc2cc1-c1cccnc1N. The van der Waals surface area contributed by atoms with E-state index in [0.717, 1.165) is 16.5 Å². The van der Waals surface area contributed by atoms with Crippen LogP contribution in [-0.4, -0.2) is 9.97 Å². The van der Waals surface area contributed by atoms with E-state index in [4.69, 9.17) is 5.73 Å². The summed E-state index contributed by atoms with van der Waals surface area (Å²) in [7, 11) is 0. The van der Waals surface area contributed by atoms with Crippen LogP contribution in [0.5, 0.6) is 0 Å². The number of aromatic nitrogens is 2. The van der Waals surface area contributed by atoms with E-state index in [0.29, 0.717) is 17.1 Å². The highest BCUT2D eigenvalue weighted by Gasteiger charge is 2.11. The second-order valence-corrected chi connectivity index (χ2v) is 4.13. The summed E-state index contributed by atoms with van der Waals surface area (Å²) < 4.78 is 0. The van der Waals surface area contributed by atoms with Crippen molar-refractivity contribution in [3.05, 3.63) is 54.4 Å². The van der Waals surface area contributed by atoms with Gasteiger partial charge < -0.3 is 5.73 Å². The fraction of sp³-hybridized carbons (Fsp3) is 0. The number of hydrogen-bond donors (Lipinski definition) is 1. The molecule has 0 spiro atoms. The van der Waals surface area contributed by atoms with Crippen LogP contribution in [0.1, 0.15) is 5.69 Å². The Bertz CT molecular complexity index is 803. The van der Waals surface area contributed by atoms with E-state index in [1.165, 1.54) is 0 Å². The number of nitrogens with zero attached hydrogens (tertiary/aromatic N) is 3. The van der Waals surface area contributed by atoms with Crippen LogP contribution in [0.4, 0.5) is 5.82 Å². The minimum absolute atomic E-state index is 0.360. The van der Waals surface area contributed by atoms with Crippen LogP contribution in [0, 0.1) is 11.3 Å². The molecule has 0 aliphatic carbocycles. The lowest BCUT2D eigenvalue weighted by molar-refractivity contribution is 1.30. The molecule has 0 aliphatic heterocycles. The number of fused-ring (bicyclic) bond motifs is 1. The normalized spacial score (nSPS) is 10.3. The highest BCUT2D eigenvalue weighted by Crippen LogP contribution is 2.29. The highest BCUT2D eigenvalue weighted by atomic mass is 14.8. The number of hydrogen-bond acceptors (Lipinski definition) is 4. The summed E-state index contributed by atoms with van der Waals surface area (Å²) >= 11 is 0. The third kappa shape index (κ3) is 1.87. The van der Waals surface area contributed by atoms with Crippen molar-refractivity contribution < 1.29 is 0 Å². The number of benzene rings is 1. The molecule has 0 bridgehead atoms. The molecule has 0 amide bonds.